The van der Waals surface area contributed by atoms with Gasteiger partial charge in [-0.1, -0.05) is 0 Å². The molecule has 2 rings (SSSR count). The van der Waals surface area contributed by atoms with Gasteiger partial charge in [-0.3, -0.25) is 0 Å². The van der Waals surface area contributed by atoms with E-state index in [-0.39, 0.29) is 0 Å². The van der Waals surface area contributed by atoms with Crippen LogP contribution in [-0.2, 0) is 4.79 Å². The second kappa shape index (κ2) is 2.69. The monoisotopic (exact) mass is 168 g/mol. The zero-order valence-corrected chi connectivity index (χ0v) is 6.84. The maximum absolute atomic E-state index is 10.8. The quantitative estimate of drug-likeness (QED) is 0.578. The van der Waals surface area contributed by atoms with Gasteiger partial charge in [0.25, 0.3) is 0 Å². The van der Waals surface area contributed by atoms with Crippen molar-refractivity contribution in [3.05, 3.63) is 11.4 Å². The maximum Gasteiger partial charge on any atom is 0.335 e. The molecule has 0 amide bonds. The molecular formula is C8H12N2O2. The van der Waals surface area contributed by atoms with Gasteiger partial charge in [0.15, 0.2) is 0 Å². The van der Waals surface area contributed by atoms with Crippen LogP contribution in [0, 0.1) is 0 Å². The molecule has 0 atom stereocenters. The molecule has 0 aromatic carbocycles. The van der Waals surface area contributed by atoms with Gasteiger partial charge in [-0.15, -0.1) is 0 Å². The van der Waals surface area contributed by atoms with Crippen LogP contribution in [0.1, 0.15) is 12.8 Å². The van der Waals surface area contributed by atoms with Gasteiger partial charge < -0.3 is 15.3 Å². The lowest BCUT2D eigenvalue weighted by atomic mass is 10.1. The van der Waals surface area contributed by atoms with E-state index in [0.29, 0.717) is 12.0 Å². The van der Waals surface area contributed by atoms with Gasteiger partial charge in [-0.25, -0.2) is 4.79 Å². The summed E-state index contributed by atoms with van der Waals surface area (Å²) in [7, 11) is 0. The molecule has 0 aromatic rings. The molecule has 2 aliphatic heterocycles. The first-order valence-electron chi connectivity index (χ1n) is 4.24. The molecule has 4 nitrogen and oxygen atoms in total. The Bertz CT molecular complexity index is 247. The van der Waals surface area contributed by atoms with E-state index in [2.05, 4.69) is 10.2 Å². The average molecular weight is 168 g/mol. The first kappa shape index (κ1) is 7.46. The fourth-order valence-electron chi connectivity index (χ4n) is 1.83. The highest BCUT2D eigenvalue weighted by Crippen LogP contribution is 2.22. The minimum Gasteiger partial charge on any atom is -0.478 e. The summed E-state index contributed by atoms with van der Waals surface area (Å²) in [5, 5.41) is 12.0. The van der Waals surface area contributed by atoms with Gasteiger partial charge >= 0.3 is 5.97 Å². The maximum atomic E-state index is 10.8. The Labute approximate surface area is 70.9 Å². The Balaban J connectivity index is 2.32. The Morgan fingerprint density at radius 3 is 3.08 bits per heavy atom. The molecule has 0 radical (unpaired) electrons. The van der Waals surface area contributed by atoms with Crippen LogP contribution >= 0.6 is 0 Å². The second-order valence-corrected chi connectivity index (χ2v) is 3.15. The van der Waals surface area contributed by atoms with Crippen LogP contribution in [0.3, 0.4) is 0 Å². The molecule has 2 aliphatic rings. The fourth-order valence-corrected chi connectivity index (χ4v) is 1.83. The second-order valence-electron chi connectivity index (χ2n) is 3.15. The fraction of sp³-hybridized carbons (Fsp3) is 0.625. The minimum absolute atomic E-state index is 0.554. The third-order valence-electron chi connectivity index (χ3n) is 2.39. The molecule has 0 aromatic heterocycles. The molecule has 0 unspecified atom stereocenters. The van der Waals surface area contributed by atoms with Crippen LogP contribution < -0.4 is 5.32 Å². The molecule has 1 saturated heterocycles. The molecule has 0 aliphatic carbocycles. The van der Waals surface area contributed by atoms with E-state index in [4.69, 9.17) is 5.11 Å². The molecule has 0 bridgehead atoms. The summed E-state index contributed by atoms with van der Waals surface area (Å²) in [5.41, 5.74) is 0.554. The Kier molecular flexibility index (Phi) is 1.67. The third-order valence-corrected chi connectivity index (χ3v) is 2.39. The Morgan fingerprint density at radius 1 is 1.50 bits per heavy atom. The van der Waals surface area contributed by atoms with E-state index in [9.17, 15) is 4.79 Å². The summed E-state index contributed by atoms with van der Waals surface area (Å²) in [6.07, 6.45) is 1.67. The smallest absolute Gasteiger partial charge is 0.335 e. The van der Waals surface area contributed by atoms with Gasteiger partial charge in [-0.2, -0.15) is 0 Å². The topological polar surface area (TPSA) is 52.6 Å². The Morgan fingerprint density at radius 2 is 2.33 bits per heavy atom. The van der Waals surface area contributed by atoms with Gasteiger partial charge in [0.1, 0.15) is 5.82 Å². The lowest BCUT2D eigenvalue weighted by molar-refractivity contribution is -0.133. The lowest BCUT2D eigenvalue weighted by Crippen LogP contribution is -2.29. The number of carbonyl (C=O) groups is 1. The van der Waals surface area contributed by atoms with E-state index < -0.39 is 5.97 Å². The van der Waals surface area contributed by atoms with E-state index in [1.165, 1.54) is 0 Å². The van der Waals surface area contributed by atoms with Gasteiger partial charge in [0.05, 0.1) is 5.57 Å². The Hall–Kier alpha value is -1.19. The van der Waals surface area contributed by atoms with Crippen molar-refractivity contribution < 1.29 is 9.90 Å². The summed E-state index contributed by atoms with van der Waals surface area (Å²) < 4.78 is 0. The number of carboxylic acid groups (broad SMARTS) is 1. The highest BCUT2D eigenvalue weighted by Gasteiger charge is 2.27. The molecule has 12 heavy (non-hydrogen) atoms. The van der Waals surface area contributed by atoms with Crippen molar-refractivity contribution in [3.8, 4) is 0 Å². The van der Waals surface area contributed by atoms with E-state index in [0.717, 1.165) is 31.9 Å². The minimum atomic E-state index is -0.774. The molecule has 0 saturated carbocycles. The van der Waals surface area contributed by atoms with Crippen LogP contribution in [0.5, 0.6) is 0 Å². The zero-order valence-electron chi connectivity index (χ0n) is 6.84. The average Bonchev–Trinajstić information content (AvgIpc) is 2.49. The first-order valence-corrected chi connectivity index (χ1v) is 4.24. The summed E-state index contributed by atoms with van der Waals surface area (Å²) in [6, 6.07) is 0. The third kappa shape index (κ3) is 1.03. The van der Waals surface area contributed by atoms with Crippen LogP contribution in [0.4, 0.5) is 0 Å². The molecule has 66 valence electrons. The largest absolute Gasteiger partial charge is 0.478 e. The van der Waals surface area contributed by atoms with Crippen LogP contribution in [-0.4, -0.2) is 35.6 Å². The standard InChI is InChI=1S/C8H12N2O2/c11-8(12)6-2-1-4-10-5-3-9-7(6)10/h9H,1-5H2,(H,11,12). The van der Waals surface area contributed by atoms with Gasteiger partial charge in [0.2, 0.25) is 0 Å². The predicted molar refractivity (Wildman–Crippen MR) is 43.5 cm³/mol. The van der Waals surface area contributed by atoms with Gasteiger partial charge in [-0.05, 0) is 12.8 Å². The number of nitrogens with one attached hydrogen (secondary N) is 1. The van der Waals surface area contributed by atoms with Crippen molar-refractivity contribution in [3.63, 3.8) is 0 Å². The van der Waals surface area contributed by atoms with Crippen LogP contribution in [0.15, 0.2) is 11.4 Å². The number of fused-ring (bicyclic) bond motifs is 1. The molecule has 2 heterocycles. The number of hydrogen-bond acceptors (Lipinski definition) is 3. The number of carboxylic acids is 1. The molecule has 2 N–H and O–H groups in total. The van der Waals surface area contributed by atoms with Crippen molar-refractivity contribution in [2.75, 3.05) is 19.6 Å². The molecule has 4 heteroatoms. The van der Waals surface area contributed by atoms with Crippen molar-refractivity contribution in [1.29, 1.82) is 0 Å². The van der Waals surface area contributed by atoms with Crippen LogP contribution in [0.2, 0.25) is 0 Å². The first-order chi connectivity index (χ1) is 5.79. The summed E-state index contributed by atoms with van der Waals surface area (Å²) in [6.45, 7) is 2.83. The number of nitrogens with zero attached hydrogens (tertiary/aromatic N) is 1. The molecule has 1 fully saturated rings. The zero-order chi connectivity index (χ0) is 8.55. The summed E-state index contributed by atoms with van der Waals surface area (Å²) in [4.78, 5) is 12.9. The number of aliphatic carboxylic acids is 1. The SMILES string of the molecule is O=C(O)C1=C2NCCN2CCC1. The van der Waals surface area contributed by atoms with E-state index >= 15 is 0 Å². The molecular weight excluding hydrogens is 156 g/mol. The van der Waals surface area contributed by atoms with E-state index in [1.807, 2.05) is 0 Å². The van der Waals surface area contributed by atoms with E-state index in [1.54, 1.807) is 0 Å². The van der Waals surface area contributed by atoms with Crippen molar-refractivity contribution in [2.24, 2.45) is 0 Å². The predicted octanol–water partition coefficient (Wildman–Crippen LogP) is -0.0184. The highest BCUT2D eigenvalue weighted by molar-refractivity contribution is 5.87. The summed E-state index contributed by atoms with van der Waals surface area (Å²) >= 11 is 0. The van der Waals surface area contributed by atoms with Gasteiger partial charge in [0, 0.05) is 19.6 Å². The van der Waals surface area contributed by atoms with Crippen molar-refractivity contribution in [1.82, 2.24) is 10.2 Å². The molecule has 0 spiro atoms. The summed E-state index contributed by atoms with van der Waals surface area (Å²) in [5.74, 6) is 0.0813. The van der Waals surface area contributed by atoms with Crippen molar-refractivity contribution >= 4 is 5.97 Å². The van der Waals surface area contributed by atoms with Crippen LogP contribution in [0.25, 0.3) is 0 Å². The number of rotatable bonds is 1. The highest BCUT2D eigenvalue weighted by atomic mass is 16.4. The lowest BCUT2D eigenvalue weighted by Gasteiger charge is -2.25. The number of hydrogen-bond donors (Lipinski definition) is 2. The van der Waals surface area contributed by atoms with Crippen molar-refractivity contribution in [2.45, 2.75) is 12.8 Å². The normalized spacial score (nSPS) is 22.2.